The predicted octanol–water partition coefficient (Wildman–Crippen LogP) is 4.49. The smallest absolute Gasteiger partial charge is 0.293 e. The molecule has 2 aliphatic heterocycles. The van der Waals surface area contributed by atoms with E-state index in [0.717, 1.165) is 54.2 Å². The zero-order chi connectivity index (χ0) is 21.3. The molecule has 2 saturated heterocycles. The molecule has 2 aliphatic rings. The fourth-order valence-corrected chi connectivity index (χ4v) is 5.10. The van der Waals surface area contributed by atoms with Gasteiger partial charge in [0, 0.05) is 41.8 Å². The van der Waals surface area contributed by atoms with Crippen molar-refractivity contribution in [3.63, 3.8) is 0 Å². The molecule has 2 aromatic rings. The van der Waals surface area contributed by atoms with E-state index in [4.69, 9.17) is 0 Å². The average Bonchev–Trinajstić information content (AvgIpc) is 3.04. The summed E-state index contributed by atoms with van der Waals surface area (Å²) < 4.78 is 1.96. The molecule has 1 aromatic heterocycles. The Bertz CT molecular complexity index is 1020. The summed E-state index contributed by atoms with van der Waals surface area (Å²) in [6.45, 7) is 5.60. The minimum absolute atomic E-state index is 0.129. The van der Waals surface area contributed by atoms with Crippen LogP contribution in [0.5, 0.6) is 0 Å². The highest BCUT2D eigenvalue weighted by Gasteiger charge is 2.36. The number of hydrogen-bond acceptors (Lipinski definition) is 4. The summed E-state index contributed by atoms with van der Waals surface area (Å²) in [7, 11) is 0. The number of likely N-dealkylation sites (tertiary alicyclic amines) is 1. The van der Waals surface area contributed by atoms with Gasteiger partial charge >= 0.3 is 0 Å². The molecule has 6 nitrogen and oxygen atoms in total. The zero-order valence-corrected chi connectivity index (χ0v) is 18.3. The second-order valence-electron chi connectivity index (χ2n) is 8.17. The minimum Gasteiger partial charge on any atom is -0.341 e. The number of para-hydroxylation sites is 1. The summed E-state index contributed by atoms with van der Waals surface area (Å²) in [5, 5.41) is 0.735. The maximum atomic E-state index is 12.9. The second-order valence-corrected chi connectivity index (χ2v) is 9.16. The Morgan fingerprint density at radius 1 is 1.10 bits per heavy atom. The average molecular weight is 426 g/mol. The van der Waals surface area contributed by atoms with Crippen LogP contribution in [0.4, 0.5) is 4.79 Å². The molecule has 0 atom stereocenters. The topological polar surface area (TPSA) is 62.6 Å². The first-order chi connectivity index (χ1) is 14.5. The van der Waals surface area contributed by atoms with Gasteiger partial charge in [0.1, 0.15) is 6.54 Å². The number of rotatable bonds is 4. The van der Waals surface area contributed by atoms with E-state index in [1.807, 2.05) is 53.8 Å². The number of carbonyl (C=O) groups excluding carboxylic acids is 3. The number of benzene rings is 1. The molecule has 0 bridgehead atoms. The van der Waals surface area contributed by atoms with E-state index in [9.17, 15) is 14.4 Å². The van der Waals surface area contributed by atoms with Crippen molar-refractivity contribution < 1.29 is 14.4 Å². The SMILES string of the molecule is CC(C)N1C(=O)S/C(=C\c2cn(CC(=O)N3CCCCCC3)c3ccccc23)C1=O. The number of carbonyl (C=O) groups is 3. The van der Waals surface area contributed by atoms with Gasteiger partial charge in [0.05, 0.1) is 4.91 Å². The molecule has 0 unspecified atom stereocenters. The van der Waals surface area contributed by atoms with E-state index < -0.39 is 0 Å². The number of imide groups is 1. The van der Waals surface area contributed by atoms with Gasteiger partial charge in [-0.1, -0.05) is 31.0 Å². The Hall–Kier alpha value is -2.54. The van der Waals surface area contributed by atoms with Crippen LogP contribution in [0, 0.1) is 0 Å². The molecule has 0 spiro atoms. The highest BCUT2D eigenvalue weighted by molar-refractivity contribution is 8.18. The first kappa shape index (κ1) is 20.7. The summed E-state index contributed by atoms with van der Waals surface area (Å²) in [5.41, 5.74) is 1.80. The van der Waals surface area contributed by atoms with Crippen molar-refractivity contribution >= 4 is 45.8 Å². The molecule has 0 saturated carbocycles. The molecule has 7 heteroatoms. The van der Waals surface area contributed by atoms with E-state index in [0.29, 0.717) is 4.91 Å². The van der Waals surface area contributed by atoms with Gasteiger partial charge in [-0.3, -0.25) is 19.3 Å². The van der Waals surface area contributed by atoms with Crippen molar-refractivity contribution in [2.45, 2.75) is 52.1 Å². The van der Waals surface area contributed by atoms with Crippen molar-refractivity contribution in [2.75, 3.05) is 13.1 Å². The van der Waals surface area contributed by atoms with Crippen LogP contribution in [0.1, 0.15) is 45.1 Å². The Kier molecular flexibility index (Phi) is 5.99. The molecular formula is C23H27N3O3S. The summed E-state index contributed by atoms with van der Waals surface area (Å²) >= 11 is 0.976. The molecule has 2 fully saturated rings. The molecule has 1 aromatic carbocycles. The molecule has 4 rings (SSSR count). The van der Waals surface area contributed by atoms with E-state index in [1.54, 1.807) is 6.08 Å². The normalized spacial score (nSPS) is 19.4. The fourth-order valence-electron chi connectivity index (χ4n) is 4.15. The van der Waals surface area contributed by atoms with Crippen LogP contribution >= 0.6 is 11.8 Å². The standard InChI is InChI=1S/C23H27N3O3S/c1-16(2)26-22(28)20(30-23(26)29)13-17-14-25(19-10-6-5-9-18(17)19)15-21(27)24-11-7-3-4-8-12-24/h5-6,9-10,13-14,16H,3-4,7-8,11-12,15H2,1-2H3/b20-13-. The number of thioether (sulfide) groups is 1. The van der Waals surface area contributed by atoms with Crippen molar-refractivity contribution in [1.82, 2.24) is 14.4 Å². The maximum absolute atomic E-state index is 12.9. The molecule has 3 heterocycles. The van der Waals surface area contributed by atoms with Crippen LogP contribution in [0.3, 0.4) is 0 Å². The first-order valence-corrected chi connectivity index (χ1v) is 11.4. The van der Waals surface area contributed by atoms with E-state index in [1.165, 1.54) is 17.7 Å². The molecule has 30 heavy (non-hydrogen) atoms. The number of aromatic nitrogens is 1. The van der Waals surface area contributed by atoms with Crippen LogP contribution < -0.4 is 0 Å². The van der Waals surface area contributed by atoms with Gasteiger partial charge in [0.15, 0.2) is 0 Å². The highest BCUT2D eigenvalue weighted by Crippen LogP contribution is 2.35. The predicted molar refractivity (Wildman–Crippen MR) is 120 cm³/mol. The Morgan fingerprint density at radius 2 is 1.80 bits per heavy atom. The molecule has 0 N–H and O–H groups in total. The third-order valence-electron chi connectivity index (χ3n) is 5.71. The van der Waals surface area contributed by atoms with E-state index >= 15 is 0 Å². The highest BCUT2D eigenvalue weighted by atomic mass is 32.2. The van der Waals surface area contributed by atoms with Crippen LogP contribution in [0.15, 0.2) is 35.4 Å². The van der Waals surface area contributed by atoms with Gasteiger partial charge in [-0.2, -0.15) is 0 Å². The summed E-state index contributed by atoms with van der Waals surface area (Å²) in [6.07, 6.45) is 8.20. The lowest BCUT2D eigenvalue weighted by Gasteiger charge is -2.20. The quantitative estimate of drug-likeness (QED) is 0.677. The third-order valence-corrected chi connectivity index (χ3v) is 6.59. The summed E-state index contributed by atoms with van der Waals surface area (Å²) in [5.74, 6) is -0.123. The number of nitrogens with zero attached hydrogens (tertiary/aromatic N) is 3. The van der Waals surface area contributed by atoms with Crippen molar-refractivity contribution in [2.24, 2.45) is 0 Å². The fraction of sp³-hybridized carbons (Fsp3) is 0.435. The lowest BCUT2D eigenvalue weighted by molar-refractivity contribution is -0.131. The number of fused-ring (bicyclic) bond motifs is 1. The van der Waals surface area contributed by atoms with Gasteiger partial charge < -0.3 is 9.47 Å². The third kappa shape index (κ3) is 4.03. The van der Waals surface area contributed by atoms with Gasteiger partial charge in [0.2, 0.25) is 5.91 Å². The largest absolute Gasteiger partial charge is 0.341 e. The van der Waals surface area contributed by atoms with Gasteiger partial charge in [-0.05, 0) is 50.6 Å². The monoisotopic (exact) mass is 425 g/mol. The Labute approximate surface area is 180 Å². The van der Waals surface area contributed by atoms with Crippen molar-refractivity contribution in [1.29, 1.82) is 0 Å². The molecule has 0 aliphatic carbocycles. The minimum atomic E-state index is -0.252. The lowest BCUT2D eigenvalue weighted by Crippen LogP contribution is -2.34. The van der Waals surface area contributed by atoms with Crippen LogP contribution in [-0.4, -0.2) is 50.6 Å². The molecule has 0 radical (unpaired) electrons. The molecule has 158 valence electrons. The number of amides is 3. The molecule has 3 amide bonds. The van der Waals surface area contributed by atoms with Crippen molar-refractivity contribution in [3.05, 3.63) is 40.9 Å². The van der Waals surface area contributed by atoms with Gasteiger partial charge in [0.25, 0.3) is 11.1 Å². The van der Waals surface area contributed by atoms with E-state index in [-0.39, 0.29) is 29.6 Å². The van der Waals surface area contributed by atoms with Crippen LogP contribution in [0.25, 0.3) is 17.0 Å². The second kappa shape index (κ2) is 8.68. The van der Waals surface area contributed by atoms with E-state index in [2.05, 4.69) is 0 Å². The summed E-state index contributed by atoms with van der Waals surface area (Å²) in [6, 6.07) is 7.70. The Morgan fingerprint density at radius 3 is 2.47 bits per heavy atom. The Balaban J connectivity index is 1.64. The van der Waals surface area contributed by atoms with Crippen LogP contribution in [0.2, 0.25) is 0 Å². The number of hydrogen-bond donors (Lipinski definition) is 0. The lowest BCUT2D eigenvalue weighted by atomic mass is 10.1. The van der Waals surface area contributed by atoms with Gasteiger partial charge in [-0.25, -0.2) is 0 Å². The maximum Gasteiger partial charge on any atom is 0.293 e. The zero-order valence-electron chi connectivity index (χ0n) is 17.5. The van der Waals surface area contributed by atoms with Gasteiger partial charge in [-0.15, -0.1) is 0 Å². The first-order valence-electron chi connectivity index (χ1n) is 10.6. The van der Waals surface area contributed by atoms with Crippen LogP contribution in [-0.2, 0) is 16.1 Å². The summed E-state index contributed by atoms with van der Waals surface area (Å²) in [4.78, 5) is 41.5. The molecular weight excluding hydrogens is 398 g/mol. The van der Waals surface area contributed by atoms with Crippen molar-refractivity contribution in [3.8, 4) is 0 Å².